The van der Waals surface area contributed by atoms with Crippen molar-refractivity contribution in [2.45, 2.75) is 26.0 Å². The number of amides is 2. The lowest BCUT2D eigenvalue weighted by Gasteiger charge is -2.06. The van der Waals surface area contributed by atoms with Crippen molar-refractivity contribution in [2.75, 3.05) is 17.6 Å². The third-order valence-electron chi connectivity index (χ3n) is 3.25. The maximum atomic E-state index is 13.1. The zero-order valence-corrected chi connectivity index (χ0v) is 16.3. The lowest BCUT2D eigenvalue weighted by molar-refractivity contribution is -0.118. The van der Waals surface area contributed by atoms with E-state index in [9.17, 15) is 14.0 Å². The van der Waals surface area contributed by atoms with E-state index in [1.165, 1.54) is 30.0 Å². The molecule has 2 aromatic rings. The van der Waals surface area contributed by atoms with Crippen molar-refractivity contribution in [1.82, 2.24) is 15.5 Å². The number of hydrogen-bond donors (Lipinski definition) is 2. The molecule has 9 heteroatoms. The molecule has 2 rings (SSSR count). The molecular formula is C17H21FN4O2S2. The highest BCUT2D eigenvalue weighted by molar-refractivity contribution is 7.99. The van der Waals surface area contributed by atoms with Crippen LogP contribution in [0, 0.1) is 11.7 Å². The molecule has 26 heavy (non-hydrogen) atoms. The summed E-state index contributed by atoms with van der Waals surface area (Å²) < 4.78 is 13.1. The van der Waals surface area contributed by atoms with Gasteiger partial charge in [-0.1, -0.05) is 31.3 Å². The average molecular weight is 397 g/mol. The number of halogens is 1. The van der Waals surface area contributed by atoms with Gasteiger partial charge in [0, 0.05) is 18.0 Å². The number of nitrogens with one attached hydrogen (secondary N) is 2. The topological polar surface area (TPSA) is 84.0 Å². The largest absolute Gasteiger partial charge is 0.355 e. The smallest absolute Gasteiger partial charge is 0.286 e. The number of hydrogen-bond acceptors (Lipinski definition) is 6. The van der Waals surface area contributed by atoms with Crippen LogP contribution in [-0.4, -0.2) is 34.3 Å². The van der Waals surface area contributed by atoms with Gasteiger partial charge >= 0.3 is 0 Å². The van der Waals surface area contributed by atoms with E-state index in [4.69, 9.17) is 0 Å². The Bertz CT molecular complexity index is 752. The SMILES string of the molecule is CC(C)CCNC(=O)CSCc1nnc(C(=O)Nc2cccc(F)c2)s1. The summed E-state index contributed by atoms with van der Waals surface area (Å²) in [6.45, 7) is 4.90. The highest BCUT2D eigenvalue weighted by atomic mass is 32.2. The van der Waals surface area contributed by atoms with Gasteiger partial charge in [0.05, 0.1) is 5.75 Å². The molecular weight excluding hydrogens is 375 g/mol. The molecule has 2 N–H and O–H groups in total. The third kappa shape index (κ3) is 7.09. The molecule has 0 radical (unpaired) electrons. The predicted octanol–water partition coefficient (Wildman–Crippen LogP) is 3.33. The molecule has 1 heterocycles. The Kier molecular flexibility index (Phi) is 7.99. The van der Waals surface area contributed by atoms with Crippen molar-refractivity contribution in [2.24, 2.45) is 5.92 Å². The minimum Gasteiger partial charge on any atom is -0.355 e. The van der Waals surface area contributed by atoms with Crippen molar-refractivity contribution < 1.29 is 14.0 Å². The molecule has 0 saturated carbocycles. The summed E-state index contributed by atoms with van der Waals surface area (Å²) >= 11 is 2.58. The van der Waals surface area contributed by atoms with E-state index >= 15 is 0 Å². The normalized spacial score (nSPS) is 10.8. The van der Waals surface area contributed by atoms with Crippen LogP contribution in [0.2, 0.25) is 0 Å². The fraction of sp³-hybridized carbons (Fsp3) is 0.412. The van der Waals surface area contributed by atoms with E-state index in [2.05, 4.69) is 34.7 Å². The zero-order chi connectivity index (χ0) is 18.9. The van der Waals surface area contributed by atoms with E-state index in [-0.39, 0.29) is 10.9 Å². The van der Waals surface area contributed by atoms with E-state index in [1.807, 2.05) is 0 Å². The van der Waals surface area contributed by atoms with Crippen LogP contribution in [0.1, 0.15) is 35.1 Å². The van der Waals surface area contributed by atoms with Gasteiger partial charge in [0.2, 0.25) is 10.9 Å². The maximum absolute atomic E-state index is 13.1. The minimum absolute atomic E-state index is 0.00997. The van der Waals surface area contributed by atoms with Crippen LogP contribution < -0.4 is 10.6 Å². The fourth-order valence-corrected chi connectivity index (χ4v) is 3.57. The van der Waals surface area contributed by atoms with Crippen LogP contribution in [0.3, 0.4) is 0 Å². The first-order valence-electron chi connectivity index (χ1n) is 8.18. The number of thioether (sulfide) groups is 1. The number of carbonyl (C=O) groups is 2. The van der Waals surface area contributed by atoms with Crippen LogP contribution in [0.15, 0.2) is 24.3 Å². The Balaban J connectivity index is 1.75. The van der Waals surface area contributed by atoms with Gasteiger partial charge in [-0.05, 0) is 30.5 Å². The van der Waals surface area contributed by atoms with Gasteiger partial charge in [-0.25, -0.2) is 4.39 Å². The molecule has 0 atom stereocenters. The zero-order valence-electron chi connectivity index (χ0n) is 14.6. The maximum Gasteiger partial charge on any atom is 0.286 e. The summed E-state index contributed by atoms with van der Waals surface area (Å²) in [4.78, 5) is 23.8. The van der Waals surface area contributed by atoms with Crippen LogP contribution in [0.4, 0.5) is 10.1 Å². The third-order valence-corrected chi connectivity index (χ3v) is 5.29. The number of benzene rings is 1. The first-order valence-corrected chi connectivity index (χ1v) is 10.1. The fourth-order valence-electron chi connectivity index (χ4n) is 1.94. The van der Waals surface area contributed by atoms with Crippen molar-refractivity contribution >= 4 is 40.6 Å². The van der Waals surface area contributed by atoms with E-state index in [0.29, 0.717) is 34.7 Å². The molecule has 2 amide bonds. The number of aromatic nitrogens is 2. The summed E-state index contributed by atoms with van der Waals surface area (Å²) in [6, 6.07) is 5.64. The molecule has 0 aliphatic carbocycles. The van der Waals surface area contributed by atoms with Crippen molar-refractivity contribution in [3.05, 3.63) is 40.1 Å². The summed E-state index contributed by atoms with van der Waals surface area (Å²) in [5.41, 5.74) is 0.360. The number of carbonyl (C=O) groups excluding carboxylic acids is 2. The number of nitrogens with zero attached hydrogens (tertiary/aromatic N) is 2. The summed E-state index contributed by atoms with van der Waals surface area (Å²) in [7, 11) is 0. The summed E-state index contributed by atoms with van der Waals surface area (Å²) in [5, 5.41) is 14.1. The van der Waals surface area contributed by atoms with Gasteiger partial charge < -0.3 is 10.6 Å². The van der Waals surface area contributed by atoms with Gasteiger partial charge in [0.25, 0.3) is 5.91 Å². The Morgan fingerprint density at radius 2 is 2.12 bits per heavy atom. The Morgan fingerprint density at radius 1 is 1.31 bits per heavy atom. The quantitative estimate of drug-likeness (QED) is 0.679. The number of anilines is 1. The van der Waals surface area contributed by atoms with Crippen molar-refractivity contribution in [3.63, 3.8) is 0 Å². The molecule has 1 aromatic carbocycles. The van der Waals surface area contributed by atoms with E-state index < -0.39 is 11.7 Å². The van der Waals surface area contributed by atoms with Crippen LogP contribution in [0.5, 0.6) is 0 Å². The second kappa shape index (κ2) is 10.2. The van der Waals surface area contributed by atoms with Crippen molar-refractivity contribution in [1.29, 1.82) is 0 Å². The van der Waals surface area contributed by atoms with Gasteiger partial charge in [-0.2, -0.15) is 0 Å². The molecule has 0 saturated heterocycles. The van der Waals surface area contributed by atoms with E-state index in [1.54, 1.807) is 6.07 Å². The summed E-state index contributed by atoms with van der Waals surface area (Å²) in [6.07, 6.45) is 0.955. The molecule has 0 fully saturated rings. The number of rotatable bonds is 9. The Morgan fingerprint density at radius 3 is 2.85 bits per heavy atom. The summed E-state index contributed by atoms with van der Waals surface area (Å²) in [5.74, 6) is 0.524. The van der Waals surface area contributed by atoms with Gasteiger partial charge in [-0.15, -0.1) is 22.0 Å². The average Bonchev–Trinajstić information content (AvgIpc) is 3.03. The molecule has 0 bridgehead atoms. The molecule has 1 aromatic heterocycles. The monoisotopic (exact) mass is 396 g/mol. The van der Waals surface area contributed by atoms with Crippen LogP contribution >= 0.6 is 23.1 Å². The van der Waals surface area contributed by atoms with Gasteiger partial charge in [0.1, 0.15) is 10.8 Å². The second-order valence-electron chi connectivity index (χ2n) is 5.99. The highest BCUT2D eigenvalue weighted by Crippen LogP contribution is 2.18. The first-order chi connectivity index (χ1) is 12.4. The minimum atomic E-state index is -0.434. The molecule has 0 aliphatic rings. The van der Waals surface area contributed by atoms with Crippen LogP contribution in [0.25, 0.3) is 0 Å². The van der Waals surface area contributed by atoms with E-state index in [0.717, 1.165) is 17.8 Å². The molecule has 0 aliphatic heterocycles. The van der Waals surface area contributed by atoms with Crippen molar-refractivity contribution in [3.8, 4) is 0 Å². The molecule has 140 valence electrons. The molecule has 0 spiro atoms. The first kappa shape index (κ1) is 20.3. The molecule has 6 nitrogen and oxygen atoms in total. The second-order valence-corrected chi connectivity index (χ2v) is 8.04. The lowest BCUT2D eigenvalue weighted by Crippen LogP contribution is -2.26. The lowest BCUT2D eigenvalue weighted by atomic mass is 10.1. The Hall–Kier alpha value is -2.00. The van der Waals surface area contributed by atoms with Crippen LogP contribution in [-0.2, 0) is 10.5 Å². The highest BCUT2D eigenvalue weighted by Gasteiger charge is 2.14. The Labute approximate surface area is 160 Å². The predicted molar refractivity (Wildman–Crippen MR) is 103 cm³/mol. The van der Waals surface area contributed by atoms with Gasteiger partial charge in [-0.3, -0.25) is 9.59 Å². The van der Waals surface area contributed by atoms with Gasteiger partial charge in [0.15, 0.2) is 0 Å². The molecule has 0 unspecified atom stereocenters. The standard InChI is InChI=1S/C17H21FN4O2S2/c1-11(2)6-7-19-14(23)9-25-10-15-21-22-17(26-15)16(24)20-13-5-3-4-12(18)8-13/h3-5,8,11H,6-7,9-10H2,1-2H3,(H,19,23)(H,20,24).